The number of hydrogen-bond donors (Lipinski definition) is 1. The average Bonchev–Trinajstić information content (AvgIpc) is 2.88. The number of nitrogens with two attached hydrogens (primary N) is 1. The van der Waals surface area contributed by atoms with Crippen LogP contribution < -0.4 is 11.3 Å². The summed E-state index contributed by atoms with van der Waals surface area (Å²) in [7, 11) is 0. The van der Waals surface area contributed by atoms with Crippen LogP contribution in [0.3, 0.4) is 0 Å². The number of primary amides is 1. The monoisotopic (exact) mass is 397 g/mol. The van der Waals surface area contributed by atoms with Crippen LogP contribution in [0.15, 0.2) is 35.1 Å². The Balaban J connectivity index is 1.57. The van der Waals surface area contributed by atoms with Crippen molar-refractivity contribution in [3.63, 3.8) is 0 Å². The SMILES string of the molecule is CC(C)n1c(=O)c(C(=O)OC2CC3CCC(C2)N3CC(N)=O)cc2ccccc21. The maximum absolute atomic E-state index is 13.0. The first kappa shape index (κ1) is 19.6. The molecule has 2 saturated heterocycles. The third-order valence-corrected chi connectivity index (χ3v) is 6.13. The molecule has 7 nitrogen and oxygen atoms in total. The lowest BCUT2D eigenvalue weighted by molar-refractivity contribution is -0.121. The number of para-hydroxylation sites is 1. The largest absolute Gasteiger partial charge is 0.459 e. The highest BCUT2D eigenvalue weighted by molar-refractivity contribution is 5.94. The molecule has 0 saturated carbocycles. The van der Waals surface area contributed by atoms with Gasteiger partial charge < -0.3 is 15.0 Å². The van der Waals surface area contributed by atoms with Gasteiger partial charge in [-0.25, -0.2) is 4.79 Å². The zero-order valence-corrected chi connectivity index (χ0v) is 16.8. The normalized spacial score (nSPS) is 24.2. The van der Waals surface area contributed by atoms with E-state index in [9.17, 15) is 14.4 Å². The molecule has 2 aliphatic heterocycles. The summed E-state index contributed by atoms with van der Waals surface area (Å²) in [4.78, 5) is 39.4. The molecule has 4 rings (SSSR count). The summed E-state index contributed by atoms with van der Waals surface area (Å²) in [5, 5.41) is 0.837. The van der Waals surface area contributed by atoms with Crippen molar-refractivity contribution >= 4 is 22.8 Å². The molecule has 7 heteroatoms. The molecule has 154 valence electrons. The van der Waals surface area contributed by atoms with Crippen molar-refractivity contribution in [1.29, 1.82) is 0 Å². The lowest BCUT2D eigenvalue weighted by Crippen LogP contribution is -2.49. The number of rotatable bonds is 5. The molecule has 2 aliphatic rings. The molecule has 29 heavy (non-hydrogen) atoms. The number of esters is 1. The van der Waals surface area contributed by atoms with Gasteiger partial charge in [-0.1, -0.05) is 18.2 Å². The number of nitrogens with zero attached hydrogens (tertiary/aromatic N) is 2. The standard InChI is InChI=1S/C22H27N3O4/c1-13(2)25-19-6-4-3-5-14(19)9-18(21(25)27)22(28)29-17-10-15-7-8-16(11-17)24(15)12-20(23)26/h3-6,9,13,15-17H,7-8,10-12H2,1-2H3,(H2,23,26). The summed E-state index contributed by atoms with van der Waals surface area (Å²) < 4.78 is 7.42. The Morgan fingerprint density at radius 3 is 2.45 bits per heavy atom. The van der Waals surface area contributed by atoms with Gasteiger partial charge in [-0.15, -0.1) is 0 Å². The summed E-state index contributed by atoms with van der Waals surface area (Å²) in [5.41, 5.74) is 5.92. The molecular formula is C22H27N3O4. The molecule has 2 fully saturated rings. The Labute approximate surface area is 169 Å². The number of amides is 1. The quantitative estimate of drug-likeness (QED) is 0.781. The fourth-order valence-electron chi connectivity index (χ4n) is 4.92. The molecule has 2 unspecified atom stereocenters. The summed E-state index contributed by atoms with van der Waals surface area (Å²) in [6.45, 7) is 4.10. The van der Waals surface area contributed by atoms with Gasteiger partial charge in [0.1, 0.15) is 11.7 Å². The van der Waals surface area contributed by atoms with E-state index in [4.69, 9.17) is 10.5 Å². The van der Waals surface area contributed by atoms with Crippen LogP contribution in [0.4, 0.5) is 0 Å². The van der Waals surface area contributed by atoms with Gasteiger partial charge in [-0.3, -0.25) is 14.5 Å². The predicted molar refractivity (Wildman–Crippen MR) is 110 cm³/mol. The van der Waals surface area contributed by atoms with Crippen LogP contribution in [0.25, 0.3) is 10.9 Å². The van der Waals surface area contributed by atoms with E-state index >= 15 is 0 Å². The first-order valence-corrected chi connectivity index (χ1v) is 10.2. The predicted octanol–water partition coefficient (Wildman–Crippen LogP) is 2.22. The van der Waals surface area contributed by atoms with Gasteiger partial charge >= 0.3 is 5.97 Å². The van der Waals surface area contributed by atoms with Crippen LogP contribution in [-0.4, -0.2) is 46.1 Å². The number of ether oxygens (including phenoxy) is 1. The maximum atomic E-state index is 13.0. The Hall–Kier alpha value is -2.67. The first-order valence-electron chi connectivity index (χ1n) is 10.2. The summed E-state index contributed by atoms with van der Waals surface area (Å²) in [6.07, 6.45) is 3.04. The number of carbonyl (C=O) groups is 2. The molecule has 0 radical (unpaired) electrons. The van der Waals surface area contributed by atoms with Crippen molar-refractivity contribution in [1.82, 2.24) is 9.47 Å². The van der Waals surface area contributed by atoms with E-state index in [0.29, 0.717) is 12.8 Å². The van der Waals surface area contributed by atoms with Gasteiger partial charge in [0.2, 0.25) is 5.91 Å². The molecule has 3 heterocycles. The van der Waals surface area contributed by atoms with Crippen LogP contribution in [0.1, 0.15) is 55.9 Å². The van der Waals surface area contributed by atoms with Gasteiger partial charge in [0.15, 0.2) is 0 Å². The van der Waals surface area contributed by atoms with Crippen LogP contribution >= 0.6 is 0 Å². The minimum atomic E-state index is -0.567. The van der Waals surface area contributed by atoms with Crippen LogP contribution in [0.2, 0.25) is 0 Å². The number of carbonyl (C=O) groups excluding carboxylic acids is 2. The fourth-order valence-corrected chi connectivity index (χ4v) is 4.92. The molecule has 1 aromatic carbocycles. The second-order valence-corrected chi connectivity index (χ2v) is 8.41. The topological polar surface area (TPSA) is 94.6 Å². The minimum absolute atomic E-state index is 0.0734. The molecular weight excluding hydrogens is 370 g/mol. The van der Waals surface area contributed by atoms with Crippen molar-refractivity contribution in [2.75, 3.05) is 6.54 Å². The average molecular weight is 397 g/mol. The number of benzene rings is 1. The van der Waals surface area contributed by atoms with Crippen molar-refractivity contribution < 1.29 is 14.3 Å². The van der Waals surface area contributed by atoms with Gasteiger partial charge in [0.05, 0.1) is 12.1 Å². The zero-order chi connectivity index (χ0) is 20.7. The number of pyridine rings is 1. The summed E-state index contributed by atoms with van der Waals surface area (Å²) in [6, 6.07) is 9.51. The van der Waals surface area contributed by atoms with E-state index in [0.717, 1.165) is 23.7 Å². The first-order chi connectivity index (χ1) is 13.8. The van der Waals surface area contributed by atoms with E-state index in [1.165, 1.54) is 0 Å². The molecule has 2 bridgehead atoms. The van der Waals surface area contributed by atoms with Crippen LogP contribution in [0.5, 0.6) is 0 Å². The minimum Gasteiger partial charge on any atom is -0.459 e. The van der Waals surface area contributed by atoms with E-state index < -0.39 is 5.97 Å². The van der Waals surface area contributed by atoms with Crippen molar-refractivity contribution in [3.05, 3.63) is 46.2 Å². The Bertz CT molecular complexity index is 999. The maximum Gasteiger partial charge on any atom is 0.344 e. The zero-order valence-electron chi connectivity index (χ0n) is 16.8. The third-order valence-electron chi connectivity index (χ3n) is 6.13. The fraction of sp³-hybridized carbons (Fsp3) is 0.500. The number of fused-ring (bicyclic) bond motifs is 3. The van der Waals surface area contributed by atoms with Crippen molar-refractivity contribution in [2.45, 2.75) is 63.8 Å². The molecule has 1 amide bonds. The van der Waals surface area contributed by atoms with E-state index in [1.807, 2.05) is 38.1 Å². The molecule has 2 atom stereocenters. The second kappa shape index (κ2) is 7.63. The number of aromatic nitrogens is 1. The third kappa shape index (κ3) is 3.67. The lowest BCUT2D eigenvalue weighted by Gasteiger charge is -2.37. The summed E-state index contributed by atoms with van der Waals surface area (Å²) in [5.74, 6) is -0.898. The Kier molecular flexibility index (Phi) is 5.17. The Morgan fingerprint density at radius 2 is 1.83 bits per heavy atom. The van der Waals surface area contributed by atoms with E-state index in [2.05, 4.69) is 4.90 Å². The van der Waals surface area contributed by atoms with Gasteiger partial charge in [-0.2, -0.15) is 0 Å². The van der Waals surface area contributed by atoms with E-state index in [1.54, 1.807) is 10.6 Å². The van der Waals surface area contributed by atoms with Crippen LogP contribution in [-0.2, 0) is 9.53 Å². The smallest absolute Gasteiger partial charge is 0.344 e. The van der Waals surface area contributed by atoms with E-state index in [-0.39, 0.29) is 47.8 Å². The number of hydrogen-bond acceptors (Lipinski definition) is 5. The van der Waals surface area contributed by atoms with Gasteiger partial charge in [-0.05, 0) is 44.2 Å². The summed E-state index contributed by atoms with van der Waals surface area (Å²) >= 11 is 0. The highest BCUT2D eigenvalue weighted by Gasteiger charge is 2.42. The highest BCUT2D eigenvalue weighted by atomic mass is 16.5. The molecule has 0 aliphatic carbocycles. The number of piperidine rings is 1. The molecule has 1 aromatic heterocycles. The highest BCUT2D eigenvalue weighted by Crippen LogP contribution is 2.36. The molecule has 0 spiro atoms. The lowest BCUT2D eigenvalue weighted by atomic mass is 9.99. The Morgan fingerprint density at radius 1 is 1.17 bits per heavy atom. The van der Waals surface area contributed by atoms with Crippen LogP contribution in [0, 0.1) is 0 Å². The second-order valence-electron chi connectivity index (χ2n) is 8.41. The molecule has 2 aromatic rings. The van der Waals surface area contributed by atoms with Gasteiger partial charge in [0, 0.05) is 31.0 Å². The van der Waals surface area contributed by atoms with Gasteiger partial charge in [0.25, 0.3) is 5.56 Å². The molecule has 2 N–H and O–H groups in total. The van der Waals surface area contributed by atoms with Crippen molar-refractivity contribution in [3.8, 4) is 0 Å². The van der Waals surface area contributed by atoms with Crippen molar-refractivity contribution in [2.24, 2.45) is 5.73 Å².